The molecule has 0 heterocycles. The molecule has 1 aromatic carbocycles. The second kappa shape index (κ2) is 7.58. The van der Waals surface area contributed by atoms with E-state index in [2.05, 4.69) is 10.6 Å². The zero-order chi connectivity index (χ0) is 16.0. The van der Waals surface area contributed by atoms with Gasteiger partial charge in [-0.05, 0) is 18.4 Å². The molecular weight excluding hydrogens is 274 g/mol. The molecule has 0 spiro atoms. The summed E-state index contributed by atoms with van der Waals surface area (Å²) in [6, 6.07) is 4.99. The average Bonchev–Trinajstić information content (AvgIpc) is 2.44. The number of nitrogens with one attached hydrogen (secondary N) is 2. The van der Waals surface area contributed by atoms with Crippen molar-refractivity contribution in [2.45, 2.75) is 32.9 Å². The van der Waals surface area contributed by atoms with Crippen LogP contribution < -0.4 is 10.6 Å². The third-order valence-electron chi connectivity index (χ3n) is 3.25. The minimum Gasteiger partial charge on any atom is -0.394 e. The number of aliphatic hydroxyl groups is 1. The number of nitro groups is 1. The molecule has 0 aromatic heterocycles. The van der Waals surface area contributed by atoms with Crippen LogP contribution in [0.5, 0.6) is 0 Å². The highest BCUT2D eigenvalue weighted by Crippen LogP contribution is 2.18. The van der Waals surface area contributed by atoms with Crippen LogP contribution in [0.4, 0.5) is 10.5 Å². The van der Waals surface area contributed by atoms with Crippen LogP contribution in [0.3, 0.4) is 0 Å². The summed E-state index contributed by atoms with van der Waals surface area (Å²) in [5.41, 5.74) is 0.626. The lowest BCUT2D eigenvalue weighted by Crippen LogP contribution is -2.46. The Morgan fingerprint density at radius 2 is 2.00 bits per heavy atom. The van der Waals surface area contributed by atoms with Crippen LogP contribution in [-0.2, 0) is 0 Å². The Hall–Kier alpha value is -2.15. The SMILES string of the molecule is CC(C)[C@@H](CO)NC(=O)N[C@H](C)c1cccc([N+](=O)[O-])c1. The number of urea groups is 1. The lowest BCUT2D eigenvalue weighted by atomic mass is 10.1. The Morgan fingerprint density at radius 1 is 1.33 bits per heavy atom. The molecule has 1 aromatic rings. The summed E-state index contributed by atoms with van der Waals surface area (Å²) in [6.45, 7) is 5.38. The number of nitro benzene ring substituents is 1. The molecule has 0 saturated carbocycles. The van der Waals surface area contributed by atoms with E-state index in [1.165, 1.54) is 12.1 Å². The molecular formula is C14H21N3O4. The van der Waals surface area contributed by atoms with Crippen molar-refractivity contribution in [3.05, 3.63) is 39.9 Å². The first-order valence-corrected chi connectivity index (χ1v) is 6.77. The molecule has 3 N–H and O–H groups in total. The number of carbonyl (C=O) groups excluding carboxylic acids is 1. The predicted octanol–water partition coefficient (Wildman–Crippen LogP) is 1.97. The maximum absolute atomic E-state index is 11.9. The Labute approximate surface area is 123 Å². The highest BCUT2D eigenvalue weighted by molar-refractivity contribution is 5.74. The highest BCUT2D eigenvalue weighted by Gasteiger charge is 2.17. The third kappa shape index (κ3) is 5.03. The zero-order valence-corrected chi connectivity index (χ0v) is 12.4. The van der Waals surface area contributed by atoms with Gasteiger partial charge in [0.1, 0.15) is 0 Å². The van der Waals surface area contributed by atoms with Gasteiger partial charge in [-0.25, -0.2) is 4.79 Å². The van der Waals surface area contributed by atoms with Crippen LogP contribution >= 0.6 is 0 Å². The zero-order valence-electron chi connectivity index (χ0n) is 12.4. The van der Waals surface area contributed by atoms with Gasteiger partial charge in [-0.3, -0.25) is 10.1 Å². The molecule has 116 valence electrons. The van der Waals surface area contributed by atoms with Gasteiger partial charge < -0.3 is 15.7 Å². The van der Waals surface area contributed by atoms with Gasteiger partial charge in [-0.1, -0.05) is 26.0 Å². The fourth-order valence-electron chi connectivity index (χ4n) is 1.82. The molecule has 0 unspecified atom stereocenters. The number of aliphatic hydroxyl groups excluding tert-OH is 1. The maximum atomic E-state index is 11.9. The molecule has 0 aliphatic rings. The molecule has 1 rings (SSSR count). The number of benzene rings is 1. The topological polar surface area (TPSA) is 104 Å². The molecule has 21 heavy (non-hydrogen) atoms. The number of non-ortho nitro benzene ring substituents is 1. The van der Waals surface area contributed by atoms with Crippen LogP contribution in [0.1, 0.15) is 32.4 Å². The van der Waals surface area contributed by atoms with Gasteiger partial charge in [0, 0.05) is 12.1 Å². The molecule has 0 aliphatic carbocycles. The number of rotatable bonds is 6. The van der Waals surface area contributed by atoms with Crippen molar-refractivity contribution < 1.29 is 14.8 Å². The molecule has 0 radical (unpaired) electrons. The van der Waals surface area contributed by atoms with Gasteiger partial charge >= 0.3 is 6.03 Å². The maximum Gasteiger partial charge on any atom is 0.315 e. The van der Waals surface area contributed by atoms with Gasteiger partial charge in [0.05, 0.1) is 23.6 Å². The predicted molar refractivity (Wildman–Crippen MR) is 78.9 cm³/mol. The summed E-state index contributed by atoms with van der Waals surface area (Å²) in [6.07, 6.45) is 0. The number of amides is 2. The number of hydrogen-bond acceptors (Lipinski definition) is 4. The minimum atomic E-state index is -0.475. The Morgan fingerprint density at radius 3 is 2.52 bits per heavy atom. The molecule has 0 fully saturated rings. The monoisotopic (exact) mass is 295 g/mol. The summed E-state index contributed by atoms with van der Waals surface area (Å²) in [5.74, 6) is 0.105. The summed E-state index contributed by atoms with van der Waals surface area (Å²) in [7, 11) is 0. The molecule has 2 amide bonds. The molecule has 7 heteroatoms. The number of nitrogens with zero attached hydrogens (tertiary/aromatic N) is 1. The number of hydrogen-bond donors (Lipinski definition) is 3. The first-order valence-electron chi connectivity index (χ1n) is 6.77. The van der Waals surface area contributed by atoms with Crippen molar-refractivity contribution in [1.82, 2.24) is 10.6 Å². The largest absolute Gasteiger partial charge is 0.394 e. The van der Waals surface area contributed by atoms with Gasteiger partial charge in [-0.15, -0.1) is 0 Å². The Balaban J connectivity index is 2.68. The fraction of sp³-hybridized carbons (Fsp3) is 0.500. The van der Waals surface area contributed by atoms with Gasteiger partial charge in [0.2, 0.25) is 0 Å². The van der Waals surface area contributed by atoms with Gasteiger partial charge in [0.15, 0.2) is 0 Å². The van der Waals surface area contributed by atoms with Gasteiger partial charge in [0.25, 0.3) is 5.69 Å². The summed E-state index contributed by atoms with van der Waals surface area (Å²) in [5, 5.41) is 25.3. The second-order valence-corrected chi connectivity index (χ2v) is 5.22. The standard InChI is InChI=1S/C14H21N3O4/c1-9(2)13(8-18)16-14(19)15-10(3)11-5-4-6-12(7-11)17(20)21/h4-7,9-10,13,18H,8H2,1-3H3,(H2,15,16,19)/t10-,13-/m1/s1. The van der Waals surface area contributed by atoms with Crippen molar-refractivity contribution in [2.75, 3.05) is 6.61 Å². The van der Waals surface area contributed by atoms with E-state index in [1.807, 2.05) is 13.8 Å². The average molecular weight is 295 g/mol. The van der Waals surface area contributed by atoms with Crippen LogP contribution in [0.25, 0.3) is 0 Å². The van der Waals surface area contributed by atoms with E-state index in [0.717, 1.165) is 0 Å². The summed E-state index contributed by atoms with van der Waals surface area (Å²) < 4.78 is 0. The third-order valence-corrected chi connectivity index (χ3v) is 3.25. The van der Waals surface area contributed by atoms with Crippen molar-refractivity contribution in [3.8, 4) is 0 Å². The molecule has 2 atom stereocenters. The lowest BCUT2D eigenvalue weighted by molar-refractivity contribution is -0.384. The van der Waals surface area contributed by atoms with E-state index < -0.39 is 11.0 Å². The Kier molecular flexibility index (Phi) is 6.10. The smallest absolute Gasteiger partial charge is 0.315 e. The molecule has 0 aliphatic heterocycles. The molecule has 7 nitrogen and oxygen atoms in total. The first kappa shape index (κ1) is 16.9. The molecule has 0 saturated heterocycles. The summed E-state index contributed by atoms with van der Waals surface area (Å²) >= 11 is 0. The molecule has 0 bridgehead atoms. The van der Waals surface area contributed by atoms with Crippen molar-refractivity contribution in [2.24, 2.45) is 5.92 Å². The van der Waals surface area contributed by atoms with E-state index in [0.29, 0.717) is 5.56 Å². The highest BCUT2D eigenvalue weighted by atomic mass is 16.6. The number of carbonyl (C=O) groups is 1. The van der Waals surface area contributed by atoms with E-state index in [-0.39, 0.29) is 30.3 Å². The quantitative estimate of drug-likeness (QED) is 0.551. The normalized spacial score (nSPS) is 13.6. The second-order valence-electron chi connectivity index (χ2n) is 5.22. The van der Waals surface area contributed by atoms with Crippen LogP contribution in [-0.4, -0.2) is 28.7 Å². The Bertz CT molecular complexity index is 505. The van der Waals surface area contributed by atoms with Crippen LogP contribution in [0, 0.1) is 16.0 Å². The van der Waals surface area contributed by atoms with Crippen molar-refractivity contribution >= 4 is 11.7 Å². The lowest BCUT2D eigenvalue weighted by Gasteiger charge is -2.22. The van der Waals surface area contributed by atoms with E-state index in [4.69, 9.17) is 0 Å². The summed E-state index contributed by atoms with van der Waals surface area (Å²) in [4.78, 5) is 22.1. The van der Waals surface area contributed by atoms with Crippen LogP contribution in [0.2, 0.25) is 0 Å². The van der Waals surface area contributed by atoms with E-state index in [1.54, 1.807) is 19.1 Å². The van der Waals surface area contributed by atoms with Crippen molar-refractivity contribution in [1.29, 1.82) is 0 Å². The van der Waals surface area contributed by atoms with E-state index >= 15 is 0 Å². The fourth-order valence-corrected chi connectivity index (χ4v) is 1.82. The van der Waals surface area contributed by atoms with E-state index in [9.17, 15) is 20.0 Å². The first-order chi connectivity index (χ1) is 9.85. The van der Waals surface area contributed by atoms with Crippen molar-refractivity contribution in [3.63, 3.8) is 0 Å². The minimum absolute atomic E-state index is 0.0167. The van der Waals surface area contributed by atoms with Gasteiger partial charge in [-0.2, -0.15) is 0 Å². The van der Waals surface area contributed by atoms with Crippen LogP contribution in [0.15, 0.2) is 24.3 Å².